The maximum atomic E-state index is 4.82. The van der Waals surface area contributed by atoms with Gasteiger partial charge in [-0.05, 0) is 11.8 Å². The largest absolute Gasteiger partial charge is 0.384 e. The second-order valence-corrected chi connectivity index (χ2v) is 2.09. The van der Waals surface area contributed by atoms with Gasteiger partial charge in [0.1, 0.15) is 0 Å². The van der Waals surface area contributed by atoms with E-state index < -0.39 is 0 Å². The maximum Gasteiger partial charge on any atom is 0.0572 e. The number of hydrogen-bond donors (Lipinski definition) is 0. The van der Waals surface area contributed by atoms with E-state index in [1.165, 1.54) is 0 Å². The molecule has 0 saturated heterocycles. The number of ether oxygens (including phenoxy) is 2. The van der Waals surface area contributed by atoms with Gasteiger partial charge in [0.2, 0.25) is 0 Å². The summed E-state index contributed by atoms with van der Waals surface area (Å²) in [6.07, 6.45) is 1.49. The smallest absolute Gasteiger partial charge is 0.0572 e. The Hall–Kier alpha value is -0.960. The first-order chi connectivity index (χ1) is 5.91. The summed E-state index contributed by atoms with van der Waals surface area (Å²) in [4.78, 5) is 0. The molecular weight excluding hydrogens is 152 g/mol. The van der Waals surface area contributed by atoms with E-state index in [0.717, 1.165) is 12.8 Å². The second-order valence-electron chi connectivity index (χ2n) is 2.09. The minimum absolute atomic E-state index is 0.673. The predicted octanol–water partition coefficient (Wildman–Crippen LogP) is 1.07. The predicted molar refractivity (Wildman–Crippen MR) is 48.5 cm³/mol. The van der Waals surface area contributed by atoms with E-state index in [-0.39, 0.29) is 0 Å². The van der Waals surface area contributed by atoms with Gasteiger partial charge in [0.05, 0.1) is 13.2 Å². The number of methoxy groups -OCH3 is 2. The molecular formula is C10H14O2. The van der Waals surface area contributed by atoms with Gasteiger partial charge in [-0.25, -0.2) is 0 Å². The highest BCUT2D eigenvalue weighted by atomic mass is 16.5. The van der Waals surface area contributed by atoms with Gasteiger partial charge in [0, 0.05) is 27.1 Å². The Morgan fingerprint density at radius 2 is 1.25 bits per heavy atom. The molecule has 0 fully saturated rings. The molecule has 0 aliphatic carbocycles. The highest BCUT2D eigenvalue weighted by Gasteiger charge is 1.74. The molecule has 0 radical (unpaired) electrons. The molecule has 2 heteroatoms. The van der Waals surface area contributed by atoms with E-state index in [1.807, 2.05) is 0 Å². The van der Waals surface area contributed by atoms with Crippen LogP contribution in [0.5, 0.6) is 0 Å². The van der Waals surface area contributed by atoms with Crippen molar-refractivity contribution in [3.63, 3.8) is 0 Å². The zero-order chi connectivity index (χ0) is 9.07. The van der Waals surface area contributed by atoms with E-state index in [1.54, 1.807) is 14.2 Å². The lowest BCUT2D eigenvalue weighted by atomic mass is 10.4. The van der Waals surface area contributed by atoms with Crippen molar-refractivity contribution in [1.82, 2.24) is 0 Å². The molecule has 0 bridgehead atoms. The first-order valence-corrected chi connectivity index (χ1v) is 3.85. The molecule has 0 amide bonds. The van der Waals surface area contributed by atoms with E-state index in [9.17, 15) is 0 Å². The molecule has 66 valence electrons. The summed E-state index contributed by atoms with van der Waals surface area (Å²) < 4.78 is 9.63. The summed E-state index contributed by atoms with van der Waals surface area (Å²) in [7, 11) is 3.32. The topological polar surface area (TPSA) is 18.5 Å². The van der Waals surface area contributed by atoms with Crippen LogP contribution in [0, 0.1) is 23.7 Å². The highest BCUT2D eigenvalue weighted by Crippen LogP contribution is 1.76. The monoisotopic (exact) mass is 166 g/mol. The van der Waals surface area contributed by atoms with Crippen molar-refractivity contribution < 1.29 is 9.47 Å². The van der Waals surface area contributed by atoms with Crippen molar-refractivity contribution in [2.75, 3.05) is 27.4 Å². The highest BCUT2D eigenvalue weighted by molar-refractivity contribution is 5.25. The van der Waals surface area contributed by atoms with Gasteiger partial charge in [-0.1, -0.05) is 11.8 Å². The molecule has 2 nitrogen and oxygen atoms in total. The van der Waals surface area contributed by atoms with Crippen LogP contribution in [0.4, 0.5) is 0 Å². The second kappa shape index (κ2) is 10.0. The van der Waals surface area contributed by atoms with Crippen LogP contribution in [0.1, 0.15) is 12.8 Å². The van der Waals surface area contributed by atoms with Gasteiger partial charge in [-0.15, -0.1) is 0 Å². The van der Waals surface area contributed by atoms with Crippen molar-refractivity contribution in [2.24, 2.45) is 0 Å². The van der Waals surface area contributed by atoms with Crippen LogP contribution in [0.3, 0.4) is 0 Å². The first kappa shape index (κ1) is 11.0. The minimum Gasteiger partial charge on any atom is -0.384 e. The molecule has 0 aliphatic rings. The minimum atomic E-state index is 0.673. The summed E-state index contributed by atoms with van der Waals surface area (Å²) in [5.74, 6) is 11.2. The summed E-state index contributed by atoms with van der Waals surface area (Å²) in [6.45, 7) is 1.35. The van der Waals surface area contributed by atoms with Crippen molar-refractivity contribution >= 4 is 0 Å². The molecule has 0 N–H and O–H groups in total. The van der Waals surface area contributed by atoms with Crippen molar-refractivity contribution in [3.05, 3.63) is 0 Å². The van der Waals surface area contributed by atoms with Gasteiger partial charge >= 0.3 is 0 Å². The fraction of sp³-hybridized carbons (Fsp3) is 0.600. The number of rotatable bonds is 4. The van der Waals surface area contributed by atoms with Crippen LogP contribution in [-0.2, 0) is 9.47 Å². The molecule has 0 rings (SSSR count). The SMILES string of the molecule is COCCC#CC#CCCOC. The van der Waals surface area contributed by atoms with E-state index in [4.69, 9.17) is 9.47 Å². The van der Waals surface area contributed by atoms with E-state index >= 15 is 0 Å². The molecule has 0 saturated carbocycles. The summed E-state index contributed by atoms with van der Waals surface area (Å²) in [5.41, 5.74) is 0. The number of hydrogen-bond acceptors (Lipinski definition) is 2. The van der Waals surface area contributed by atoms with E-state index in [0.29, 0.717) is 13.2 Å². The third-order valence-electron chi connectivity index (χ3n) is 1.10. The third kappa shape index (κ3) is 9.04. The lowest BCUT2D eigenvalue weighted by molar-refractivity contribution is 0.206. The van der Waals surface area contributed by atoms with Crippen molar-refractivity contribution in [2.45, 2.75) is 12.8 Å². The van der Waals surface area contributed by atoms with Crippen molar-refractivity contribution in [3.8, 4) is 23.7 Å². The Balaban J connectivity index is 3.32. The molecule has 0 aromatic carbocycles. The van der Waals surface area contributed by atoms with Gasteiger partial charge in [0.15, 0.2) is 0 Å². The van der Waals surface area contributed by atoms with Crippen LogP contribution in [0.2, 0.25) is 0 Å². The van der Waals surface area contributed by atoms with Crippen molar-refractivity contribution in [1.29, 1.82) is 0 Å². The van der Waals surface area contributed by atoms with Crippen LogP contribution in [-0.4, -0.2) is 27.4 Å². The average molecular weight is 166 g/mol. The molecule has 12 heavy (non-hydrogen) atoms. The zero-order valence-electron chi connectivity index (χ0n) is 7.64. The fourth-order valence-corrected chi connectivity index (χ4v) is 0.520. The van der Waals surface area contributed by atoms with E-state index in [2.05, 4.69) is 23.7 Å². The van der Waals surface area contributed by atoms with Crippen LogP contribution in [0.15, 0.2) is 0 Å². The zero-order valence-corrected chi connectivity index (χ0v) is 7.64. The van der Waals surface area contributed by atoms with Gasteiger partial charge in [-0.2, -0.15) is 0 Å². The summed E-state index contributed by atoms with van der Waals surface area (Å²) in [5, 5.41) is 0. The molecule has 0 atom stereocenters. The quantitative estimate of drug-likeness (QED) is 0.459. The Labute approximate surface area is 74.2 Å². The normalized spacial score (nSPS) is 7.83. The third-order valence-corrected chi connectivity index (χ3v) is 1.10. The Kier molecular flexibility index (Phi) is 9.24. The maximum absolute atomic E-state index is 4.82. The molecule has 0 spiro atoms. The standard InChI is InChI=1S/C10H14O2/c1-11-9-7-5-3-4-6-8-10-12-2/h7-10H2,1-2H3. The Bertz CT molecular complexity index is 175. The van der Waals surface area contributed by atoms with Gasteiger partial charge in [-0.3, -0.25) is 0 Å². The molecule has 0 unspecified atom stereocenters. The lowest BCUT2D eigenvalue weighted by Crippen LogP contribution is -1.84. The Morgan fingerprint density at radius 1 is 0.833 bits per heavy atom. The van der Waals surface area contributed by atoms with Crippen LogP contribution < -0.4 is 0 Å². The molecule has 0 heterocycles. The van der Waals surface area contributed by atoms with Crippen LogP contribution in [0.25, 0.3) is 0 Å². The van der Waals surface area contributed by atoms with Gasteiger partial charge in [0.25, 0.3) is 0 Å². The Morgan fingerprint density at radius 3 is 1.58 bits per heavy atom. The van der Waals surface area contributed by atoms with Gasteiger partial charge < -0.3 is 9.47 Å². The lowest BCUT2D eigenvalue weighted by Gasteiger charge is -1.86. The molecule has 0 aromatic heterocycles. The average Bonchev–Trinajstić information content (AvgIpc) is 2.10. The fourth-order valence-electron chi connectivity index (χ4n) is 0.520. The summed E-state index contributed by atoms with van der Waals surface area (Å²) >= 11 is 0. The molecule has 0 aliphatic heterocycles. The first-order valence-electron chi connectivity index (χ1n) is 3.85. The van der Waals surface area contributed by atoms with Crippen LogP contribution >= 0.6 is 0 Å². The summed E-state index contributed by atoms with van der Waals surface area (Å²) in [6, 6.07) is 0. The molecule has 0 aromatic rings.